The summed E-state index contributed by atoms with van der Waals surface area (Å²) >= 11 is 0. The Morgan fingerprint density at radius 1 is 0.531 bits per heavy atom. The number of carboxylic acids is 2. The SMILES string of the molecule is O=C(N[C@H](C(=O)O)c1ccccc1)c1ccc(C(=O)N[C@@H](C(=O)O)c2ccccc2)cc1. The van der Waals surface area contributed by atoms with Crippen molar-refractivity contribution in [2.75, 3.05) is 0 Å². The lowest BCUT2D eigenvalue weighted by atomic mass is 10.0. The minimum Gasteiger partial charge on any atom is -0.479 e. The van der Waals surface area contributed by atoms with Crippen LogP contribution in [0.15, 0.2) is 84.9 Å². The van der Waals surface area contributed by atoms with Gasteiger partial charge in [0.2, 0.25) is 0 Å². The molecule has 32 heavy (non-hydrogen) atoms. The Morgan fingerprint density at radius 3 is 1.12 bits per heavy atom. The topological polar surface area (TPSA) is 133 Å². The zero-order valence-corrected chi connectivity index (χ0v) is 16.8. The first-order chi connectivity index (χ1) is 15.4. The van der Waals surface area contributed by atoms with Gasteiger partial charge in [0.25, 0.3) is 11.8 Å². The van der Waals surface area contributed by atoms with Crippen LogP contribution in [-0.4, -0.2) is 34.0 Å². The fourth-order valence-electron chi connectivity index (χ4n) is 3.07. The van der Waals surface area contributed by atoms with Crippen LogP contribution in [0.5, 0.6) is 0 Å². The Hall–Kier alpha value is -4.46. The van der Waals surface area contributed by atoms with E-state index in [0.29, 0.717) is 11.1 Å². The third-order valence-electron chi connectivity index (χ3n) is 4.72. The maximum Gasteiger partial charge on any atom is 0.330 e. The molecule has 0 spiro atoms. The molecule has 2 amide bonds. The summed E-state index contributed by atoms with van der Waals surface area (Å²) in [7, 11) is 0. The van der Waals surface area contributed by atoms with Gasteiger partial charge in [-0.1, -0.05) is 60.7 Å². The molecule has 8 heteroatoms. The normalized spacial score (nSPS) is 12.2. The number of carbonyl (C=O) groups is 4. The molecule has 0 bridgehead atoms. The first-order valence-electron chi connectivity index (χ1n) is 9.64. The second-order valence-corrected chi connectivity index (χ2v) is 6.89. The summed E-state index contributed by atoms with van der Waals surface area (Å²) in [6.07, 6.45) is 0. The summed E-state index contributed by atoms with van der Waals surface area (Å²) in [5.41, 5.74) is 1.15. The third kappa shape index (κ3) is 5.37. The van der Waals surface area contributed by atoms with Gasteiger partial charge in [-0.15, -0.1) is 0 Å². The molecule has 3 rings (SSSR count). The highest BCUT2D eigenvalue weighted by Crippen LogP contribution is 2.16. The van der Waals surface area contributed by atoms with E-state index in [4.69, 9.17) is 0 Å². The van der Waals surface area contributed by atoms with E-state index in [9.17, 15) is 29.4 Å². The molecule has 0 heterocycles. The molecule has 0 aromatic heterocycles. The van der Waals surface area contributed by atoms with Crippen molar-refractivity contribution < 1.29 is 29.4 Å². The predicted molar refractivity (Wildman–Crippen MR) is 115 cm³/mol. The van der Waals surface area contributed by atoms with Gasteiger partial charge in [0.1, 0.15) is 0 Å². The monoisotopic (exact) mass is 432 g/mol. The number of benzene rings is 3. The summed E-state index contributed by atoms with van der Waals surface area (Å²) in [6.45, 7) is 0. The van der Waals surface area contributed by atoms with Gasteiger partial charge in [0, 0.05) is 11.1 Å². The number of carboxylic acid groups (broad SMARTS) is 2. The average Bonchev–Trinajstić information content (AvgIpc) is 2.81. The Morgan fingerprint density at radius 2 is 0.844 bits per heavy atom. The fourth-order valence-corrected chi connectivity index (χ4v) is 3.07. The Balaban J connectivity index is 1.71. The molecule has 3 aromatic rings. The first-order valence-corrected chi connectivity index (χ1v) is 9.64. The van der Waals surface area contributed by atoms with E-state index in [0.717, 1.165) is 0 Å². The van der Waals surface area contributed by atoms with Crippen molar-refractivity contribution in [1.82, 2.24) is 10.6 Å². The minimum atomic E-state index is -1.23. The summed E-state index contributed by atoms with van der Waals surface area (Å²) in [6, 6.07) is 19.6. The number of aliphatic carboxylic acids is 2. The van der Waals surface area contributed by atoms with Gasteiger partial charge in [-0.25, -0.2) is 9.59 Å². The number of hydrogen-bond acceptors (Lipinski definition) is 4. The molecule has 162 valence electrons. The largest absolute Gasteiger partial charge is 0.479 e. The highest BCUT2D eigenvalue weighted by Gasteiger charge is 2.24. The molecule has 0 fully saturated rings. The number of rotatable bonds is 8. The van der Waals surface area contributed by atoms with E-state index >= 15 is 0 Å². The van der Waals surface area contributed by atoms with Crippen molar-refractivity contribution in [3.63, 3.8) is 0 Å². The van der Waals surface area contributed by atoms with E-state index in [2.05, 4.69) is 10.6 Å². The van der Waals surface area contributed by atoms with Gasteiger partial charge < -0.3 is 20.8 Å². The lowest BCUT2D eigenvalue weighted by Crippen LogP contribution is -2.34. The maximum atomic E-state index is 12.5. The second kappa shape index (κ2) is 10.0. The predicted octanol–water partition coefficient (Wildman–Crippen LogP) is 2.80. The van der Waals surface area contributed by atoms with Crippen LogP contribution in [-0.2, 0) is 9.59 Å². The molecule has 0 unspecified atom stereocenters. The smallest absolute Gasteiger partial charge is 0.330 e. The molecule has 2 atom stereocenters. The Labute approximate surface area is 183 Å². The summed E-state index contributed by atoms with van der Waals surface area (Å²) in [5.74, 6) is -3.66. The fraction of sp³-hybridized carbons (Fsp3) is 0.0833. The Bertz CT molecular complexity index is 1020. The van der Waals surface area contributed by atoms with Crippen molar-refractivity contribution in [2.45, 2.75) is 12.1 Å². The van der Waals surface area contributed by atoms with Crippen molar-refractivity contribution >= 4 is 23.8 Å². The maximum absolute atomic E-state index is 12.5. The summed E-state index contributed by atoms with van der Waals surface area (Å²) < 4.78 is 0. The van der Waals surface area contributed by atoms with Crippen LogP contribution >= 0.6 is 0 Å². The number of amides is 2. The van der Waals surface area contributed by atoms with Crippen LogP contribution < -0.4 is 10.6 Å². The van der Waals surface area contributed by atoms with E-state index in [1.165, 1.54) is 24.3 Å². The molecule has 3 aromatic carbocycles. The minimum absolute atomic E-state index is 0.154. The lowest BCUT2D eigenvalue weighted by Gasteiger charge is -2.16. The highest BCUT2D eigenvalue weighted by molar-refractivity contribution is 6.00. The molecular weight excluding hydrogens is 412 g/mol. The van der Waals surface area contributed by atoms with E-state index in [1.54, 1.807) is 60.7 Å². The first kappa shape index (κ1) is 22.2. The highest BCUT2D eigenvalue weighted by atomic mass is 16.4. The molecule has 8 nitrogen and oxygen atoms in total. The van der Waals surface area contributed by atoms with Crippen LogP contribution in [0.4, 0.5) is 0 Å². The van der Waals surface area contributed by atoms with Gasteiger partial charge >= 0.3 is 11.9 Å². The molecule has 0 saturated heterocycles. The average molecular weight is 432 g/mol. The van der Waals surface area contributed by atoms with Gasteiger partial charge in [-0.05, 0) is 35.4 Å². The molecule has 0 aliphatic rings. The molecule has 0 aliphatic heterocycles. The summed E-state index contributed by atoms with van der Waals surface area (Å²) in [4.78, 5) is 48.2. The summed E-state index contributed by atoms with van der Waals surface area (Å²) in [5, 5.41) is 23.8. The van der Waals surface area contributed by atoms with Crippen molar-refractivity contribution in [1.29, 1.82) is 0 Å². The molecule has 0 radical (unpaired) electrons. The standard InChI is InChI=1S/C24H20N2O6/c27-21(25-19(23(29)30)15-7-3-1-4-8-15)17-11-13-18(14-12-17)22(28)26-20(24(31)32)16-9-5-2-6-10-16/h1-14,19-20H,(H,25,27)(H,26,28)(H,29,30)(H,31,32)/t19-,20+. The van der Waals surface area contributed by atoms with E-state index in [1.807, 2.05) is 0 Å². The number of nitrogens with one attached hydrogen (secondary N) is 2. The van der Waals surface area contributed by atoms with E-state index < -0.39 is 35.8 Å². The Kier molecular flexibility index (Phi) is 6.97. The van der Waals surface area contributed by atoms with Gasteiger partial charge in [0.15, 0.2) is 12.1 Å². The van der Waals surface area contributed by atoms with Crippen molar-refractivity contribution in [3.8, 4) is 0 Å². The lowest BCUT2D eigenvalue weighted by molar-refractivity contribution is -0.140. The van der Waals surface area contributed by atoms with Gasteiger partial charge in [-0.3, -0.25) is 9.59 Å². The van der Waals surface area contributed by atoms with E-state index in [-0.39, 0.29) is 11.1 Å². The number of carbonyl (C=O) groups excluding carboxylic acids is 2. The molecular formula is C24H20N2O6. The molecule has 0 saturated carbocycles. The zero-order chi connectivity index (χ0) is 23.1. The zero-order valence-electron chi connectivity index (χ0n) is 16.8. The van der Waals surface area contributed by atoms with Gasteiger partial charge in [0.05, 0.1) is 0 Å². The van der Waals surface area contributed by atoms with Crippen molar-refractivity contribution in [2.24, 2.45) is 0 Å². The van der Waals surface area contributed by atoms with Crippen LogP contribution in [0.2, 0.25) is 0 Å². The van der Waals surface area contributed by atoms with Crippen LogP contribution in [0, 0.1) is 0 Å². The quantitative estimate of drug-likeness (QED) is 0.433. The van der Waals surface area contributed by atoms with Crippen molar-refractivity contribution in [3.05, 3.63) is 107 Å². The molecule has 0 aliphatic carbocycles. The second-order valence-electron chi connectivity index (χ2n) is 6.89. The van der Waals surface area contributed by atoms with Gasteiger partial charge in [-0.2, -0.15) is 0 Å². The third-order valence-corrected chi connectivity index (χ3v) is 4.72. The molecule has 4 N–H and O–H groups in total. The van der Waals surface area contributed by atoms with Crippen LogP contribution in [0.25, 0.3) is 0 Å². The number of hydrogen-bond donors (Lipinski definition) is 4. The van der Waals surface area contributed by atoms with Crippen LogP contribution in [0.1, 0.15) is 43.9 Å². The van der Waals surface area contributed by atoms with Crippen LogP contribution in [0.3, 0.4) is 0 Å².